The molecule has 0 saturated heterocycles. The lowest BCUT2D eigenvalue weighted by Gasteiger charge is -2.12. The average molecular weight is 290 g/mol. The van der Waals surface area contributed by atoms with Crippen LogP contribution in [-0.2, 0) is 0 Å². The van der Waals surface area contributed by atoms with Crippen LogP contribution in [0.1, 0.15) is 20.7 Å². The molecule has 0 heterocycles. The van der Waals surface area contributed by atoms with Crippen molar-refractivity contribution < 1.29 is 14.7 Å². The molecule has 0 aliphatic rings. The van der Waals surface area contributed by atoms with Crippen LogP contribution in [0, 0.1) is 0 Å². The Labute approximate surface area is 121 Å². The molecule has 102 valence electrons. The molecule has 2 rings (SSSR count). The van der Waals surface area contributed by atoms with Crippen molar-refractivity contribution in [1.82, 2.24) is 5.32 Å². The maximum atomic E-state index is 11.9. The zero-order valence-electron chi connectivity index (χ0n) is 10.4. The van der Waals surface area contributed by atoms with E-state index in [1.54, 1.807) is 48.5 Å². The van der Waals surface area contributed by atoms with Gasteiger partial charge in [-0.25, -0.2) is 0 Å². The van der Waals surface area contributed by atoms with Crippen molar-refractivity contribution in [3.8, 4) is 0 Å². The van der Waals surface area contributed by atoms with Crippen molar-refractivity contribution in [2.24, 2.45) is 0 Å². The SMILES string of the molecule is O=C(NC(O)C(=O)c1ccccc1)c1ccccc1Cl. The maximum Gasteiger partial charge on any atom is 0.255 e. The number of hydrogen-bond acceptors (Lipinski definition) is 3. The molecule has 0 aliphatic carbocycles. The van der Waals surface area contributed by atoms with Crippen molar-refractivity contribution in [3.05, 3.63) is 70.7 Å². The second kappa shape index (κ2) is 6.32. The summed E-state index contributed by atoms with van der Waals surface area (Å²) in [5, 5.41) is 12.2. The van der Waals surface area contributed by atoms with Gasteiger partial charge in [-0.05, 0) is 12.1 Å². The van der Waals surface area contributed by atoms with E-state index < -0.39 is 17.9 Å². The average Bonchev–Trinajstić information content (AvgIpc) is 2.47. The first-order valence-corrected chi connectivity index (χ1v) is 6.30. The molecule has 1 atom stereocenters. The topological polar surface area (TPSA) is 66.4 Å². The van der Waals surface area contributed by atoms with E-state index in [-0.39, 0.29) is 10.6 Å². The fourth-order valence-corrected chi connectivity index (χ4v) is 1.89. The van der Waals surface area contributed by atoms with Crippen LogP contribution in [0.25, 0.3) is 0 Å². The lowest BCUT2D eigenvalue weighted by molar-refractivity contribution is 0.0607. The maximum absolute atomic E-state index is 11.9. The number of hydrogen-bond donors (Lipinski definition) is 2. The number of ketones is 1. The standard InChI is InChI=1S/C15H12ClNO3/c16-12-9-5-4-8-11(12)14(19)17-15(20)13(18)10-6-2-1-3-7-10/h1-9,15,20H,(H,17,19). The molecule has 0 radical (unpaired) electrons. The van der Waals surface area contributed by atoms with E-state index in [9.17, 15) is 14.7 Å². The normalized spacial score (nSPS) is 11.7. The molecule has 5 heteroatoms. The third-order valence-electron chi connectivity index (χ3n) is 2.69. The molecule has 1 amide bonds. The molecule has 0 aliphatic heterocycles. The largest absolute Gasteiger partial charge is 0.367 e. The summed E-state index contributed by atoms with van der Waals surface area (Å²) in [6, 6.07) is 14.6. The van der Waals surface area contributed by atoms with E-state index in [1.165, 1.54) is 6.07 Å². The quantitative estimate of drug-likeness (QED) is 0.670. The smallest absolute Gasteiger partial charge is 0.255 e. The summed E-state index contributed by atoms with van der Waals surface area (Å²) in [6.07, 6.45) is -1.61. The van der Waals surface area contributed by atoms with Gasteiger partial charge in [0.05, 0.1) is 10.6 Å². The number of benzene rings is 2. The van der Waals surface area contributed by atoms with Gasteiger partial charge in [-0.15, -0.1) is 0 Å². The molecule has 0 fully saturated rings. The first-order chi connectivity index (χ1) is 9.59. The minimum absolute atomic E-state index is 0.203. The predicted octanol–water partition coefficient (Wildman–Crippen LogP) is 2.27. The fourth-order valence-electron chi connectivity index (χ4n) is 1.67. The molecule has 0 saturated carbocycles. The molecular formula is C15H12ClNO3. The second-order valence-corrected chi connectivity index (χ2v) is 4.49. The molecule has 4 nitrogen and oxygen atoms in total. The Bertz CT molecular complexity index is 628. The van der Waals surface area contributed by atoms with Gasteiger partial charge in [-0.1, -0.05) is 54.1 Å². The van der Waals surface area contributed by atoms with Gasteiger partial charge in [0.15, 0.2) is 6.23 Å². The molecule has 1 unspecified atom stereocenters. The summed E-state index contributed by atoms with van der Waals surface area (Å²) >= 11 is 5.87. The number of aliphatic hydroxyl groups is 1. The Morgan fingerprint density at radius 3 is 2.25 bits per heavy atom. The molecular weight excluding hydrogens is 278 g/mol. The molecule has 2 aromatic rings. The number of halogens is 1. The van der Waals surface area contributed by atoms with Gasteiger partial charge in [-0.2, -0.15) is 0 Å². The molecule has 20 heavy (non-hydrogen) atoms. The van der Waals surface area contributed by atoms with Crippen LogP contribution in [0.15, 0.2) is 54.6 Å². The highest BCUT2D eigenvalue weighted by atomic mass is 35.5. The number of aliphatic hydroxyl groups excluding tert-OH is 1. The van der Waals surface area contributed by atoms with E-state index in [1.807, 2.05) is 0 Å². The lowest BCUT2D eigenvalue weighted by atomic mass is 10.1. The van der Waals surface area contributed by atoms with Crippen molar-refractivity contribution in [2.75, 3.05) is 0 Å². The van der Waals surface area contributed by atoms with Crippen LogP contribution in [0.3, 0.4) is 0 Å². The molecule has 0 spiro atoms. The van der Waals surface area contributed by atoms with Gasteiger partial charge in [0, 0.05) is 5.56 Å². The zero-order valence-corrected chi connectivity index (χ0v) is 11.2. The van der Waals surface area contributed by atoms with Gasteiger partial charge in [-0.3, -0.25) is 9.59 Å². The summed E-state index contributed by atoms with van der Waals surface area (Å²) in [7, 11) is 0. The Balaban J connectivity index is 2.09. The highest BCUT2D eigenvalue weighted by Crippen LogP contribution is 2.14. The predicted molar refractivity (Wildman–Crippen MR) is 75.7 cm³/mol. The van der Waals surface area contributed by atoms with Gasteiger partial charge in [0.2, 0.25) is 5.78 Å². The Kier molecular flexibility index (Phi) is 4.50. The number of nitrogens with one attached hydrogen (secondary N) is 1. The van der Waals surface area contributed by atoms with Crippen molar-refractivity contribution in [1.29, 1.82) is 0 Å². The Morgan fingerprint density at radius 2 is 1.60 bits per heavy atom. The van der Waals surface area contributed by atoms with Crippen molar-refractivity contribution in [2.45, 2.75) is 6.23 Å². The number of rotatable bonds is 4. The summed E-state index contributed by atoms with van der Waals surface area (Å²) in [5.74, 6) is -1.18. The Morgan fingerprint density at radius 1 is 1.00 bits per heavy atom. The fraction of sp³-hybridized carbons (Fsp3) is 0.0667. The van der Waals surface area contributed by atoms with Gasteiger partial charge < -0.3 is 10.4 Å². The summed E-state index contributed by atoms with van der Waals surface area (Å²) in [5.41, 5.74) is 0.522. The summed E-state index contributed by atoms with van der Waals surface area (Å²) in [6.45, 7) is 0. The monoisotopic (exact) mass is 289 g/mol. The minimum atomic E-state index is -1.61. The van der Waals surface area contributed by atoms with Crippen LogP contribution < -0.4 is 5.32 Å². The van der Waals surface area contributed by atoms with E-state index in [2.05, 4.69) is 5.32 Å². The van der Waals surface area contributed by atoms with E-state index in [0.29, 0.717) is 5.56 Å². The minimum Gasteiger partial charge on any atom is -0.367 e. The molecule has 0 bridgehead atoms. The third-order valence-corrected chi connectivity index (χ3v) is 3.02. The van der Waals surface area contributed by atoms with Crippen LogP contribution in [0.4, 0.5) is 0 Å². The second-order valence-electron chi connectivity index (χ2n) is 4.09. The molecule has 2 aromatic carbocycles. The Hall–Kier alpha value is -2.17. The van der Waals surface area contributed by atoms with Gasteiger partial charge >= 0.3 is 0 Å². The van der Waals surface area contributed by atoms with Crippen LogP contribution in [-0.4, -0.2) is 23.0 Å². The van der Waals surface area contributed by atoms with E-state index >= 15 is 0 Å². The first kappa shape index (κ1) is 14.2. The van der Waals surface area contributed by atoms with Gasteiger partial charge in [0.25, 0.3) is 5.91 Å². The third kappa shape index (κ3) is 3.23. The summed E-state index contributed by atoms with van der Waals surface area (Å²) < 4.78 is 0. The summed E-state index contributed by atoms with van der Waals surface area (Å²) in [4.78, 5) is 23.8. The number of Topliss-reactive ketones (excluding diaryl/α,β-unsaturated/α-hetero) is 1. The number of amides is 1. The van der Waals surface area contributed by atoms with Crippen LogP contribution in [0.2, 0.25) is 5.02 Å². The van der Waals surface area contributed by atoms with Crippen molar-refractivity contribution in [3.63, 3.8) is 0 Å². The zero-order chi connectivity index (χ0) is 14.5. The molecule has 2 N–H and O–H groups in total. The van der Waals surface area contributed by atoms with Crippen LogP contribution in [0.5, 0.6) is 0 Å². The van der Waals surface area contributed by atoms with E-state index in [0.717, 1.165) is 0 Å². The van der Waals surface area contributed by atoms with Gasteiger partial charge in [0.1, 0.15) is 0 Å². The number of carbonyl (C=O) groups excluding carboxylic acids is 2. The highest BCUT2D eigenvalue weighted by Gasteiger charge is 2.20. The van der Waals surface area contributed by atoms with Crippen molar-refractivity contribution >= 4 is 23.3 Å². The first-order valence-electron chi connectivity index (χ1n) is 5.92. The van der Waals surface area contributed by atoms with Crippen LogP contribution >= 0.6 is 11.6 Å². The number of carbonyl (C=O) groups is 2. The lowest BCUT2D eigenvalue weighted by Crippen LogP contribution is -2.40. The molecule has 0 aromatic heterocycles. The van der Waals surface area contributed by atoms with E-state index in [4.69, 9.17) is 11.6 Å². The highest BCUT2D eigenvalue weighted by molar-refractivity contribution is 6.33.